The summed E-state index contributed by atoms with van der Waals surface area (Å²) in [6, 6.07) is 0. The first kappa shape index (κ1) is 28.7. The molecule has 0 aliphatic rings. The number of hydrogen-bond donors (Lipinski definition) is 2. The fraction of sp³-hybridized carbons (Fsp3) is 0.947. The Kier molecular flexibility index (Phi) is 20.9. The second-order valence-corrected chi connectivity index (χ2v) is 8.80. The molecule has 0 aliphatic heterocycles. The molecule has 0 radical (unpaired) electrons. The molecule has 26 heavy (non-hydrogen) atoms. The number of carbonyl (C=O) groups is 1. The van der Waals surface area contributed by atoms with Gasteiger partial charge in [-0.1, -0.05) is 84.0 Å². The quantitative estimate of drug-likeness (QED) is 0.206. The first-order chi connectivity index (χ1) is 11.9. The van der Waals surface area contributed by atoms with Crippen molar-refractivity contribution < 1.29 is 17.8 Å². The molecule has 0 bridgehead atoms. The van der Waals surface area contributed by atoms with E-state index < -0.39 is 15.4 Å². The van der Waals surface area contributed by atoms with Gasteiger partial charge in [0, 0.05) is 19.4 Å². The van der Waals surface area contributed by atoms with E-state index in [1.165, 1.54) is 64.2 Å². The molecular formula is C19H40NNaO4S. The maximum absolute atomic E-state index is 11.7. The third-order valence-electron chi connectivity index (χ3n) is 4.70. The second-order valence-electron chi connectivity index (χ2n) is 7.11. The number of hydrogen-bond acceptors (Lipinski definition) is 4. The normalized spacial score (nSPS) is 12.6. The molecule has 7 heteroatoms. The van der Waals surface area contributed by atoms with Crippen molar-refractivity contribution in [3.63, 3.8) is 0 Å². The van der Waals surface area contributed by atoms with Gasteiger partial charge in [0.05, 0.1) is 0 Å². The minimum atomic E-state index is -4.21. The van der Waals surface area contributed by atoms with Gasteiger partial charge >= 0.3 is 29.6 Å². The topological polar surface area (TPSA) is 97.5 Å². The molecule has 0 heterocycles. The van der Waals surface area contributed by atoms with Crippen LogP contribution in [0.2, 0.25) is 0 Å². The van der Waals surface area contributed by atoms with Gasteiger partial charge in [0.2, 0.25) is 0 Å². The zero-order chi connectivity index (χ0) is 19.0. The van der Waals surface area contributed by atoms with Crippen molar-refractivity contribution in [1.82, 2.24) is 0 Å². The molecule has 0 saturated carbocycles. The van der Waals surface area contributed by atoms with Crippen LogP contribution in [0.5, 0.6) is 0 Å². The number of ketones is 1. The van der Waals surface area contributed by atoms with Crippen LogP contribution in [0.4, 0.5) is 0 Å². The van der Waals surface area contributed by atoms with Gasteiger partial charge in [-0.2, -0.15) is 8.42 Å². The molecule has 0 aromatic heterocycles. The van der Waals surface area contributed by atoms with Crippen LogP contribution in [0.1, 0.15) is 103 Å². The van der Waals surface area contributed by atoms with Gasteiger partial charge in [0.1, 0.15) is 11.0 Å². The average Bonchev–Trinajstić information content (AvgIpc) is 2.55. The van der Waals surface area contributed by atoms with E-state index in [-0.39, 0.29) is 48.3 Å². The number of Topliss-reactive ketones (excluding diaryl/α,β-unsaturated/α-hetero) is 1. The molecule has 5 nitrogen and oxygen atoms in total. The Morgan fingerprint density at radius 1 is 0.846 bits per heavy atom. The minimum absolute atomic E-state index is 0. The van der Waals surface area contributed by atoms with Crippen molar-refractivity contribution in [3.8, 4) is 0 Å². The zero-order valence-corrected chi connectivity index (χ0v) is 16.9. The molecule has 0 aliphatic carbocycles. The van der Waals surface area contributed by atoms with Crippen LogP contribution < -0.4 is 5.73 Å². The first-order valence-corrected chi connectivity index (χ1v) is 11.6. The number of nitrogens with two attached hydrogens (primary N) is 1. The molecule has 0 aromatic rings. The van der Waals surface area contributed by atoms with Crippen LogP contribution in [-0.2, 0) is 14.9 Å². The first-order valence-electron chi connectivity index (χ1n) is 10.1. The third-order valence-corrected chi connectivity index (χ3v) is 5.90. The van der Waals surface area contributed by atoms with Crippen LogP contribution in [0.25, 0.3) is 0 Å². The van der Waals surface area contributed by atoms with Crippen molar-refractivity contribution in [2.75, 3.05) is 6.54 Å². The van der Waals surface area contributed by atoms with Gasteiger partial charge in [0.15, 0.2) is 0 Å². The predicted octanol–water partition coefficient (Wildman–Crippen LogP) is 3.99. The molecule has 3 N–H and O–H groups in total. The Hall–Kier alpha value is 0.540. The molecule has 0 aromatic carbocycles. The van der Waals surface area contributed by atoms with Gasteiger partial charge in [-0.25, -0.2) is 0 Å². The van der Waals surface area contributed by atoms with E-state index >= 15 is 0 Å². The summed E-state index contributed by atoms with van der Waals surface area (Å²) in [4.78, 5) is 11.7. The Morgan fingerprint density at radius 2 is 1.23 bits per heavy atom. The number of rotatable bonds is 18. The molecule has 1 unspecified atom stereocenters. The summed E-state index contributed by atoms with van der Waals surface area (Å²) in [7, 11) is -4.21. The predicted molar refractivity (Wildman–Crippen MR) is 111 cm³/mol. The average molecular weight is 402 g/mol. The number of unbranched alkanes of at least 4 members (excludes halogenated alkanes) is 12. The van der Waals surface area contributed by atoms with Gasteiger partial charge in [-0.3, -0.25) is 9.35 Å². The molecule has 0 rings (SSSR count). The Bertz CT molecular complexity index is 429. The van der Waals surface area contributed by atoms with Crippen LogP contribution in [0.15, 0.2) is 0 Å². The van der Waals surface area contributed by atoms with E-state index in [1.54, 1.807) is 0 Å². The summed E-state index contributed by atoms with van der Waals surface area (Å²) < 4.78 is 31.0. The summed E-state index contributed by atoms with van der Waals surface area (Å²) >= 11 is 0. The molecular weight excluding hydrogens is 361 g/mol. The van der Waals surface area contributed by atoms with Gasteiger partial charge in [-0.05, 0) is 6.42 Å². The van der Waals surface area contributed by atoms with Crippen molar-refractivity contribution in [3.05, 3.63) is 0 Å². The van der Waals surface area contributed by atoms with Crippen molar-refractivity contribution >= 4 is 45.5 Å². The summed E-state index contributed by atoms with van der Waals surface area (Å²) in [5, 5.41) is -1.15. The molecule has 0 fully saturated rings. The maximum atomic E-state index is 11.7. The molecule has 0 amide bonds. The summed E-state index contributed by atoms with van der Waals surface area (Å²) in [6.07, 6.45) is 16.4. The molecule has 0 spiro atoms. The molecule has 1 atom stereocenters. The van der Waals surface area contributed by atoms with Crippen LogP contribution in [0.3, 0.4) is 0 Å². The van der Waals surface area contributed by atoms with E-state index in [9.17, 15) is 13.2 Å². The van der Waals surface area contributed by atoms with Crippen molar-refractivity contribution in [1.29, 1.82) is 0 Å². The fourth-order valence-electron chi connectivity index (χ4n) is 3.01. The summed E-state index contributed by atoms with van der Waals surface area (Å²) in [5.41, 5.74) is 5.29. The summed E-state index contributed by atoms with van der Waals surface area (Å²) in [6.45, 7) is 2.02. The third kappa shape index (κ3) is 17.9. The molecule has 152 valence electrons. The molecule has 0 saturated heterocycles. The summed E-state index contributed by atoms with van der Waals surface area (Å²) in [5.74, 6) is -0.129. The van der Waals surface area contributed by atoms with E-state index in [0.29, 0.717) is 6.42 Å². The standard InChI is InChI=1S/C19H39NO4S.Na.H/c1-2-3-4-5-6-7-8-9-10-11-12-13-14-15-18(21)16-19(17-20)25(22,23)24;;/h19H,2-17,20H2,1H3,(H,22,23,24);;. The van der Waals surface area contributed by atoms with Crippen LogP contribution in [0, 0.1) is 0 Å². The zero-order valence-electron chi connectivity index (χ0n) is 16.0. The van der Waals surface area contributed by atoms with Crippen molar-refractivity contribution in [2.45, 2.75) is 108 Å². The Labute approximate surface area is 183 Å². The van der Waals surface area contributed by atoms with Crippen LogP contribution >= 0.6 is 0 Å². The van der Waals surface area contributed by atoms with E-state index in [2.05, 4.69) is 6.92 Å². The van der Waals surface area contributed by atoms with Gasteiger partial charge < -0.3 is 5.73 Å². The monoisotopic (exact) mass is 401 g/mol. The van der Waals surface area contributed by atoms with E-state index in [1.807, 2.05) is 0 Å². The van der Waals surface area contributed by atoms with Crippen molar-refractivity contribution in [2.24, 2.45) is 5.73 Å². The van der Waals surface area contributed by atoms with Gasteiger partial charge in [0.25, 0.3) is 10.1 Å². The Morgan fingerprint density at radius 3 is 1.58 bits per heavy atom. The fourth-order valence-corrected chi connectivity index (χ4v) is 3.65. The van der Waals surface area contributed by atoms with Crippen LogP contribution in [-0.4, -0.2) is 60.1 Å². The van der Waals surface area contributed by atoms with Gasteiger partial charge in [-0.15, -0.1) is 0 Å². The second kappa shape index (κ2) is 18.9. The number of carbonyl (C=O) groups excluding carboxylic acids is 1. The van der Waals surface area contributed by atoms with E-state index in [4.69, 9.17) is 10.3 Å². The Balaban J connectivity index is 0. The van der Waals surface area contributed by atoms with E-state index in [0.717, 1.165) is 19.3 Å². The SMILES string of the molecule is CCCCCCCCCCCCCCCC(=O)CC(CN)S(=O)(=O)O.[NaH].